The van der Waals surface area contributed by atoms with E-state index >= 15 is 0 Å². The summed E-state index contributed by atoms with van der Waals surface area (Å²) in [5.41, 5.74) is 1.38. The van der Waals surface area contributed by atoms with Crippen LogP contribution in [0.4, 0.5) is 4.79 Å². The molecule has 5 nitrogen and oxygen atoms in total. The molecule has 1 saturated carbocycles. The number of amides is 2. The van der Waals surface area contributed by atoms with Crippen LogP contribution in [-0.4, -0.2) is 45.0 Å². The third-order valence-electron chi connectivity index (χ3n) is 4.53. The molecule has 3 atom stereocenters. The van der Waals surface area contributed by atoms with Crippen LogP contribution in [0.1, 0.15) is 30.7 Å². The lowest BCUT2D eigenvalue weighted by Crippen LogP contribution is -2.38. The lowest BCUT2D eigenvalue weighted by Gasteiger charge is -2.11. The monoisotopic (exact) mass is 318 g/mol. The molecule has 1 heterocycles. The molecule has 2 fully saturated rings. The molecule has 2 amide bonds. The number of hydrogen-bond donors (Lipinski definition) is 2. The Bertz CT molecular complexity index is 488. The summed E-state index contributed by atoms with van der Waals surface area (Å²) in [6, 6.07) is 10.4. The van der Waals surface area contributed by atoms with Crippen LogP contribution in [0, 0.1) is 5.92 Å². The summed E-state index contributed by atoms with van der Waals surface area (Å²) in [6.07, 6.45) is 3.61. The first-order chi connectivity index (χ1) is 11.3. The maximum absolute atomic E-state index is 11.7. The van der Waals surface area contributed by atoms with Gasteiger partial charge in [0.2, 0.25) is 0 Å². The molecule has 5 heteroatoms. The van der Waals surface area contributed by atoms with Gasteiger partial charge in [-0.15, -0.1) is 0 Å². The van der Waals surface area contributed by atoms with Crippen LogP contribution >= 0.6 is 0 Å². The lowest BCUT2D eigenvalue weighted by molar-refractivity contribution is 0.0188. The van der Waals surface area contributed by atoms with Gasteiger partial charge in [-0.2, -0.15) is 0 Å². The second kappa shape index (κ2) is 8.31. The topological polar surface area (TPSA) is 59.6 Å². The maximum atomic E-state index is 11.7. The number of hydrogen-bond acceptors (Lipinski definition) is 3. The molecule has 2 N–H and O–H groups in total. The minimum Gasteiger partial charge on any atom is -0.377 e. The smallest absolute Gasteiger partial charge is 0.314 e. The summed E-state index contributed by atoms with van der Waals surface area (Å²) < 4.78 is 11.0. The van der Waals surface area contributed by atoms with Crippen LogP contribution < -0.4 is 10.6 Å². The van der Waals surface area contributed by atoms with E-state index in [2.05, 4.69) is 34.9 Å². The van der Waals surface area contributed by atoms with Gasteiger partial charge in [-0.05, 0) is 36.7 Å². The standard InChI is InChI=1S/C18H26N2O3/c21-18(19-8-10-22-13-16-7-4-9-23-16)20-12-15-11-17(15)14-5-2-1-3-6-14/h1-3,5-6,15-17H,4,7-13H2,(H2,19,20,21)/t15-,16-,17-/m1/s1. The number of rotatable bonds is 8. The molecular weight excluding hydrogens is 292 g/mol. The van der Waals surface area contributed by atoms with E-state index in [1.807, 2.05) is 6.07 Å². The molecule has 0 aromatic heterocycles. The van der Waals surface area contributed by atoms with Crippen molar-refractivity contribution in [2.24, 2.45) is 5.92 Å². The van der Waals surface area contributed by atoms with Crippen molar-refractivity contribution in [2.75, 3.05) is 32.9 Å². The third kappa shape index (κ3) is 5.22. The highest BCUT2D eigenvalue weighted by Gasteiger charge is 2.37. The van der Waals surface area contributed by atoms with Crippen molar-refractivity contribution in [1.82, 2.24) is 10.6 Å². The van der Waals surface area contributed by atoms with Crippen molar-refractivity contribution in [3.8, 4) is 0 Å². The van der Waals surface area contributed by atoms with Crippen LogP contribution in [0.15, 0.2) is 30.3 Å². The number of ether oxygens (including phenoxy) is 2. The molecule has 1 saturated heterocycles. The molecule has 23 heavy (non-hydrogen) atoms. The molecule has 2 aliphatic rings. The first-order valence-electron chi connectivity index (χ1n) is 8.59. The molecule has 1 aromatic rings. The average molecular weight is 318 g/mol. The van der Waals surface area contributed by atoms with E-state index in [1.54, 1.807) is 0 Å². The highest BCUT2D eigenvalue weighted by molar-refractivity contribution is 5.73. The zero-order valence-electron chi connectivity index (χ0n) is 13.5. The minimum absolute atomic E-state index is 0.107. The van der Waals surface area contributed by atoms with Crippen LogP contribution in [0.25, 0.3) is 0 Å². The van der Waals surface area contributed by atoms with Gasteiger partial charge in [0.1, 0.15) is 0 Å². The van der Waals surface area contributed by atoms with Crippen LogP contribution in [0.2, 0.25) is 0 Å². The highest BCUT2D eigenvalue weighted by atomic mass is 16.5. The molecule has 0 unspecified atom stereocenters. The summed E-state index contributed by atoms with van der Waals surface area (Å²) in [4.78, 5) is 11.7. The summed E-state index contributed by atoms with van der Waals surface area (Å²) in [5, 5.41) is 5.78. The molecule has 0 radical (unpaired) electrons. The van der Waals surface area contributed by atoms with E-state index < -0.39 is 0 Å². The number of urea groups is 1. The van der Waals surface area contributed by atoms with Gasteiger partial charge >= 0.3 is 6.03 Å². The predicted octanol–water partition coefficient (Wildman–Crippen LogP) is 2.28. The number of nitrogens with one attached hydrogen (secondary N) is 2. The summed E-state index contributed by atoms with van der Waals surface area (Å²) in [6.45, 7) is 3.28. The van der Waals surface area contributed by atoms with Crippen molar-refractivity contribution >= 4 is 6.03 Å². The van der Waals surface area contributed by atoms with Gasteiger partial charge in [0.25, 0.3) is 0 Å². The van der Waals surface area contributed by atoms with Gasteiger partial charge in [0, 0.05) is 19.7 Å². The minimum atomic E-state index is -0.107. The van der Waals surface area contributed by atoms with E-state index in [-0.39, 0.29) is 12.1 Å². The Balaban J connectivity index is 1.21. The summed E-state index contributed by atoms with van der Waals surface area (Å²) >= 11 is 0. The normalized spacial score (nSPS) is 26.0. The predicted molar refractivity (Wildman–Crippen MR) is 88.5 cm³/mol. The van der Waals surface area contributed by atoms with Crippen molar-refractivity contribution < 1.29 is 14.3 Å². The molecular formula is C18H26N2O3. The van der Waals surface area contributed by atoms with Gasteiger partial charge in [-0.1, -0.05) is 30.3 Å². The Morgan fingerprint density at radius 1 is 1.26 bits per heavy atom. The van der Waals surface area contributed by atoms with E-state index in [1.165, 1.54) is 5.56 Å². The third-order valence-corrected chi connectivity index (χ3v) is 4.53. The zero-order valence-corrected chi connectivity index (χ0v) is 13.5. The molecule has 0 spiro atoms. The molecule has 1 aromatic carbocycles. The largest absolute Gasteiger partial charge is 0.377 e. The van der Waals surface area contributed by atoms with Crippen LogP contribution in [0.5, 0.6) is 0 Å². The SMILES string of the molecule is O=C(NCCOC[C@H]1CCCO1)NC[C@H]1C[C@@H]1c1ccccc1. The lowest BCUT2D eigenvalue weighted by atomic mass is 10.1. The van der Waals surface area contributed by atoms with Crippen molar-refractivity contribution in [3.63, 3.8) is 0 Å². The second-order valence-corrected chi connectivity index (χ2v) is 6.36. The quantitative estimate of drug-likeness (QED) is 0.723. The number of carbonyl (C=O) groups is 1. The molecule has 126 valence electrons. The van der Waals surface area contributed by atoms with E-state index in [0.29, 0.717) is 31.6 Å². The number of benzene rings is 1. The average Bonchev–Trinajstić information content (AvgIpc) is 3.18. The fraction of sp³-hybridized carbons (Fsp3) is 0.611. The highest BCUT2D eigenvalue weighted by Crippen LogP contribution is 2.46. The van der Waals surface area contributed by atoms with E-state index in [0.717, 1.165) is 32.4 Å². The molecule has 3 rings (SSSR count). The zero-order chi connectivity index (χ0) is 15.9. The van der Waals surface area contributed by atoms with Gasteiger partial charge in [0.05, 0.1) is 19.3 Å². The van der Waals surface area contributed by atoms with Crippen LogP contribution in [-0.2, 0) is 9.47 Å². The Labute approximate surface area is 137 Å². The Kier molecular flexibility index (Phi) is 5.88. The Hall–Kier alpha value is -1.59. The van der Waals surface area contributed by atoms with Gasteiger partial charge in [-0.3, -0.25) is 0 Å². The van der Waals surface area contributed by atoms with Crippen molar-refractivity contribution in [1.29, 1.82) is 0 Å². The fourth-order valence-electron chi connectivity index (χ4n) is 3.10. The first-order valence-corrected chi connectivity index (χ1v) is 8.59. The van der Waals surface area contributed by atoms with Crippen molar-refractivity contribution in [2.45, 2.75) is 31.3 Å². The van der Waals surface area contributed by atoms with Gasteiger partial charge < -0.3 is 20.1 Å². The molecule has 1 aliphatic heterocycles. The van der Waals surface area contributed by atoms with Crippen LogP contribution in [0.3, 0.4) is 0 Å². The second-order valence-electron chi connectivity index (χ2n) is 6.36. The fourth-order valence-corrected chi connectivity index (χ4v) is 3.10. The molecule has 0 bridgehead atoms. The summed E-state index contributed by atoms with van der Waals surface area (Å²) in [7, 11) is 0. The maximum Gasteiger partial charge on any atom is 0.314 e. The Morgan fingerprint density at radius 2 is 2.13 bits per heavy atom. The Morgan fingerprint density at radius 3 is 2.91 bits per heavy atom. The summed E-state index contributed by atoms with van der Waals surface area (Å²) in [5.74, 6) is 1.17. The molecule has 1 aliphatic carbocycles. The number of carbonyl (C=O) groups excluding carboxylic acids is 1. The first kappa shape index (κ1) is 16.3. The van der Waals surface area contributed by atoms with E-state index in [4.69, 9.17) is 9.47 Å². The van der Waals surface area contributed by atoms with Gasteiger partial charge in [0.15, 0.2) is 0 Å². The van der Waals surface area contributed by atoms with Crippen molar-refractivity contribution in [3.05, 3.63) is 35.9 Å². The van der Waals surface area contributed by atoms with E-state index in [9.17, 15) is 4.79 Å². The van der Waals surface area contributed by atoms with Gasteiger partial charge in [-0.25, -0.2) is 4.79 Å².